The number of ether oxygens (including phenoxy) is 1. The fourth-order valence-electron chi connectivity index (χ4n) is 1.56. The van der Waals surface area contributed by atoms with E-state index in [2.05, 4.69) is 20.9 Å². The maximum absolute atomic E-state index is 11.2. The molecule has 0 saturated carbocycles. The molecule has 0 aliphatic carbocycles. The minimum absolute atomic E-state index is 0.0144. The molecule has 0 aliphatic rings. The molecular formula is C12H10BrClN2O4. The highest BCUT2D eigenvalue weighted by Gasteiger charge is 2.17. The molecule has 8 heteroatoms. The number of halogens is 2. The van der Waals surface area contributed by atoms with E-state index in [1.165, 1.54) is 16.8 Å². The van der Waals surface area contributed by atoms with Gasteiger partial charge >= 0.3 is 5.97 Å². The summed E-state index contributed by atoms with van der Waals surface area (Å²) in [5, 5.41) is 20.0. The van der Waals surface area contributed by atoms with Crippen LogP contribution in [0, 0.1) is 0 Å². The highest BCUT2D eigenvalue weighted by Crippen LogP contribution is 2.35. The lowest BCUT2D eigenvalue weighted by atomic mass is 10.3. The number of pyridine rings is 1. The standard InChI is InChI=1S/C12H10BrClN2O4/c13-4-11(18)20-8-3-10(17)16(12(8)19)6-7-1-2-9(14)15-5-7/h1-3,5,17,19H,4,6H2. The second-order valence-electron chi connectivity index (χ2n) is 3.87. The highest BCUT2D eigenvalue weighted by atomic mass is 79.9. The van der Waals surface area contributed by atoms with Gasteiger partial charge in [0, 0.05) is 12.3 Å². The molecule has 2 heterocycles. The van der Waals surface area contributed by atoms with Crippen molar-refractivity contribution in [3.8, 4) is 17.5 Å². The molecule has 0 aromatic carbocycles. The Bertz CT molecular complexity index is 627. The van der Waals surface area contributed by atoms with E-state index < -0.39 is 5.97 Å². The van der Waals surface area contributed by atoms with Crippen LogP contribution in [0.5, 0.6) is 17.5 Å². The first-order chi connectivity index (χ1) is 9.51. The van der Waals surface area contributed by atoms with E-state index in [9.17, 15) is 15.0 Å². The van der Waals surface area contributed by atoms with Crippen LogP contribution in [0.15, 0.2) is 24.4 Å². The lowest BCUT2D eigenvalue weighted by Gasteiger charge is -2.07. The van der Waals surface area contributed by atoms with Crippen molar-refractivity contribution in [1.29, 1.82) is 0 Å². The van der Waals surface area contributed by atoms with Gasteiger partial charge < -0.3 is 14.9 Å². The van der Waals surface area contributed by atoms with Gasteiger partial charge in [-0.3, -0.25) is 9.36 Å². The first-order valence-corrected chi connectivity index (χ1v) is 6.99. The third kappa shape index (κ3) is 3.23. The number of carbonyl (C=O) groups is 1. The summed E-state index contributed by atoms with van der Waals surface area (Å²) >= 11 is 8.61. The van der Waals surface area contributed by atoms with Gasteiger partial charge in [-0.15, -0.1) is 0 Å². The van der Waals surface area contributed by atoms with E-state index in [0.29, 0.717) is 10.7 Å². The van der Waals surface area contributed by atoms with Crippen LogP contribution in [-0.2, 0) is 11.3 Å². The number of alkyl halides is 1. The molecule has 0 spiro atoms. The van der Waals surface area contributed by atoms with Crippen molar-refractivity contribution >= 4 is 33.5 Å². The van der Waals surface area contributed by atoms with Gasteiger partial charge in [0.05, 0.1) is 6.54 Å². The van der Waals surface area contributed by atoms with Gasteiger partial charge in [-0.2, -0.15) is 0 Å². The second kappa shape index (κ2) is 6.15. The smallest absolute Gasteiger partial charge is 0.322 e. The van der Waals surface area contributed by atoms with Crippen LogP contribution in [0.2, 0.25) is 5.15 Å². The Morgan fingerprint density at radius 2 is 2.20 bits per heavy atom. The van der Waals surface area contributed by atoms with Gasteiger partial charge in [0.25, 0.3) is 0 Å². The molecule has 106 valence electrons. The Labute approximate surface area is 127 Å². The van der Waals surface area contributed by atoms with Crippen molar-refractivity contribution in [2.45, 2.75) is 6.54 Å². The minimum atomic E-state index is -0.578. The summed E-state index contributed by atoms with van der Waals surface area (Å²) in [5.41, 5.74) is 0.717. The maximum Gasteiger partial charge on any atom is 0.322 e. The van der Waals surface area contributed by atoms with Gasteiger partial charge in [0.1, 0.15) is 10.5 Å². The Morgan fingerprint density at radius 1 is 1.45 bits per heavy atom. The van der Waals surface area contributed by atoms with Crippen LogP contribution in [0.4, 0.5) is 0 Å². The third-order valence-corrected chi connectivity index (χ3v) is 3.16. The number of aromatic nitrogens is 2. The highest BCUT2D eigenvalue weighted by molar-refractivity contribution is 9.09. The molecular weight excluding hydrogens is 351 g/mol. The van der Waals surface area contributed by atoms with E-state index in [1.807, 2.05) is 0 Å². The SMILES string of the molecule is O=C(CBr)Oc1cc(O)n(Cc2ccc(Cl)nc2)c1O. The van der Waals surface area contributed by atoms with Gasteiger partial charge in [-0.25, -0.2) is 4.98 Å². The molecule has 6 nitrogen and oxygen atoms in total. The number of rotatable bonds is 4. The summed E-state index contributed by atoms with van der Waals surface area (Å²) in [6.07, 6.45) is 1.52. The van der Waals surface area contributed by atoms with Crippen molar-refractivity contribution in [2.24, 2.45) is 0 Å². The van der Waals surface area contributed by atoms with Gasteiger partial charge in [-0.05, 0) is 11.6 Å². The van der Waals surface area contributed by atoms with Crippen LogP contribution in [-0.4, -0.2) is 31.1 Å². The van der Waals surface area contributed by atoms with E-state index in [0.717, 1.165) is 0 Å². The monoisotopic (exact) mass is 360 g/mol. The number of hydrogen-bond acceptors (Lipinski definition) is 5. The minimum Gasteiger partial charge on any atom is -0.494 e. The maximum atomic E-state index is 11.2. The zero-order valence-corrected chi connectivity index (χ0v) is 12.4. The quantitative estimate of drug-likeness (QED) is 0.496. The number of carbonyl (C=O) groups excluding carboxylic acids is 1. The molecule has 2 rings (SSSR count). The Kier molecular flexibility index (Phi) is 4.51. The Hall–Kier alpha value is -1.73. The summed E-state index contributed by atoms with van der Waals surface area (Å²) in [7, 11) is 0. The molecule has 0 bridgehead atoms. The summed E-state index contributed by atoms with van der Waals surface area (Å²) in [6, 6.07) is 4.47. The topological polar surface area (TPSA) is 84.6 Å². The first-order valence-electron chi connectivity index (χ1n) is 5.49. The van der Waals surface area contributed by atoms with Crippen LogP contribution >= 0.6 is 27.5 Å². The van der Waals surface area contributed by atoms with E-state index in [-0.39, 0.29) is 29.4 Å². The summed E-state index contributed by atoms with van der Waals surface area (Å²) in [4.78, 5) is 15.1. The average molecular weight is 362 g/mol. The second-order valence-corrected chi connectivity index (χ2v) is 4.82. The normalized spacial score (nSPS) is 10.5. The molecule has 0 saturated heterocycles. The molecule has 0 unspecified atom stereocenters. The summed E-state index contributed by atoms with van der Waals surface area (Å²) in [5.74, 6) is -1.25. The average Bonchev–Trinajstić information content (AvgIpc) is 2.68. The van der Waals surface area contributed by atoms with Crippen molar-refractivity contribution in [1.82, 2.24) is 9.55 Å². The van der Waals surface area contributed by atoms with Crippen molar-refractivity contribution in [3.63, 3.8) is 0 Å². The molecule has 0 radical (unpaired) electrons. The zero-order valence-electron chi connectivity index (χ0n) is 10.1. The van der Waals surface area contributed by atoms with E-state index in [4.69, 9.17) is 16.3 Å². The van der Waals surface area contributed by atoms with Crippen molar-refractivity contribution in [3.05, 3.63) is 35.1 Å². The van der Waals surface area contributed by atoms with Crippen LogP contribution in [0.1, 0.15) is 5.56 Å². The lowest BCUT2D eigenvalue weighted by molar-refractivity contribution is -0.131. The lowest BCUT2D eigenvalue weighted by Crippen LogP contribution is -2.08. The van der Waals surface area contributed by atoms with E-state index in [1.54, 1.807) is 12.1 Å². The van der Waals surface area contributed by atoms with Gasteiger partial charge in [-0.1, -0.05) is 33.6 Å². The van der Waals surface area contributed by atoms with Crippen molar-refractivity contribution < 1.29 is 19.7 Å². The zero-order chi connectivity index (χ0) is 14.7. The fourth-order valence-corrected chi connectivity index (χ4v) is 1.79. The Morgan fingerprint density at radius 3 is 2.80 bits per heavy atom. The first kappa shape index (κ1) is 14.7. The molecule has 0 fully saturated rings. The summed E-state index contributed by atoms with van der Waals surface area (Å²) < 4.78 is 6.04. The van der Waals surface area contributed by atoms with Crippen LogP contribution < -0.4 is 4.74 Å². The number of nitrogens with zero attached hydrogens (tertiary/aromatic N) is 2. The predicted octanol–water partition coefficient (Wildman–Crippen LogP) is 2.30. The molecule has 0 amide bonds. The number of aromatic hydroxyl groups is 2. The third-order valence-electron chi connectivity index (χ3n) is 2.48. The van der Waals surface area contributed by atoms with Crippen molar-refractivity contribution in [2.75, 3.05) is 5.33 Å². The Balaban J connectivity index is 2.24. The van der Waals surface area contributed by atoms with Crippen LogP contribution in [0.3, 0.4) is 0 Å². The van der Waals surface area contributed by atoms with Crippen LogP contribution in [0.25, 0.3) is 0 Å². The molecule has 2 aromatic heterocycles. The van der Waals surface area contributed by atoms with Gasteiger partial charge in [0.15, 0.2) is 11.6 Å². The number of hydrogen-bond donors (Lipinski definition) is 2. The predicted molar refractivity (Wildman–Crippen MR) is 75.5 cm³/mol. The molecule has 2 aromatic rings. The van der Waals surface area contributed by atoms with E-state index >= 15 is 0 Å². The number of esters is 1. The fraction of sp³-hybridized carbons (Fsp3) is 0.167. The molecule has 20 heavy (non-hydrogen) atoms. The van der Waals surface area contributed by atoms with Gasteiger partial charge in [0.2, 0.25) is 5.88 Å². The molecule has 0 atom stereocenters. The largest absolute Gasteiger partial charge is 0.494 e. The molecule has 2 N–H and O–H groups in total. The summed E-state index contributed by atoms with van der Waals surface area (Å²) in [6.45, 7) is 0.160. The molecule has 0 aliphatic heterocycles.